The van der Waals surface area contributed by atoms with E-state index in [1.165, 1.54) is 16.1 Å². The van der Waals surface area contributed by atoms with Crippen LogP contribution in [0, 0.1) is 6.92 Å². The minimum Gasteiger partial charge on any atom is -0.423 e. The molecule has 1 N–H and O–H groups in total. The topological polar surface area (TPSA) is 51.0 Å². The summed E-state index contributed by atoms with van der Waals surface area (Å²) in [7, 11) is 0. The molecule has 0 saturated carbocycles. The molecule has 0 atom stereocenters. The first-order valence-corrected chi connectivity index (χ1v) is 6.79. The van der Waals surface area contributed by atoms with E-state index in [2.05, 4.69) is 34.6 Å². The largest absolute Gasteiger partial charge is 0.423 e. The zero-order valence-corrected chi connectivity index (χ0v) is 11.3. The van der Waals surface area contributed by atoms with Crippen molar-refractivity contribution in [1.82, 2.24) is 10.2 Å². The van der Waals surface area contributed by atoms with Crippen LogP contribution in [0.3, 0.4) is 0 Å². The van der Waals surface area contributed by atoms with Crippen LogP contribution in [0.2, 0.25) is 0 Å². The Labute approximate surface area is 115 Å². The van der Waals surface area contributed by atoms with Crippen LogP contribution in [0.15, 0.2) is 47.2 Å². The summed E-state index contributed by atoms with van der Waals surface area (Å²) >= 11 is 1.81. The number of aryl methyl sites for hydroxylation is 1. The average Bonchev–Trinajstić information content (AvgIpc) is 3.08. The van der Waals surface area contributed by atoms with Crippen LogP contribution in [-0.4, -0.2) is 10.2 Å². The maximum Gasteiger partial charge on any atom is 0.247 e. The van der Waals surface area contributed by atoms with Gasteiger partial charge < -0.3 is 9.73 Å². The van der Waals surface area contributed by atoms with Crippen LogP contribution >= 0.6 is 11.3 Å². The van der Waals surface area contributed by atoms with Crippen molar-refractivity contribution >= 4 is 17.0 Å². The number of anilines is 1. The lowest BCUT2D eigenvalue weighted by molar-refractivity contribution is 0.568. The van der Waals surface area contributed by atoms with Gasteiger partial charge in [0, 0.05) is 27.5 Å². The molecule has 3 aromatic rings. The van der Waals surface area contributed by atoms with Crippen molar-refractivity contribution in [1.29, 1.82) is 0 Å². The first-order chi connectivity index (χ1) is 9.31. The van der Waals surface area contributed by atoms with E-state index in [1.54, 1.807) is 11.3 Å². The summed E-state index contributed by atoms with van der Waals surface area (Å²) < 4.78 is 5.19. The quantitative estimate of drug-likeness (QED) is 0.785. The first kappa shape index (κ1) is 11.9. The molecule has 0 fully saturated rings. The van der Waals surface area contributed by atoms with Gasteiger partial charge in [0.15, 0.2) is 0 Å². The van der Waals surface area contributed by atoms with Crippen molar-refractivity contribution in [2.45, 2.75) is 13.5 Å². The second kappa shape index (κ2) is 5.24. The van der Waals surface area contributed by atoms with Gasteiger partial charge in [0.1, 0.15) is 0 Å². The summed E-state index contributed by atoms with van der Waals surface area (Å²) in [5, 5.41) is 11.0. The van der Waals surface area contributed by atoms with Gasteiger partial charge in [-0.25, -0.2) is 0 Å². The Bertz CT molecular complexity index is 661. The van der Waals surface area contributed by atoms with Crippen LogP contribution in [-0.2, 0) is 6.54 Å². The Hall–Kier alpha value is -2.14. The molecule has 19 heavy (non-hydrogen) atoms. The van der Waals surface area contributed by atoms with Gasteiger partial charge in [0.25, 0.3) is 0 Å². The highest BCUT2D eigenvalue weighted by molar-refractivity contribution is 7.11. The van der Waals surface area contributed by atoms with E-state index in [1.807, 2.05) is 24.3 Å². The van der Waals surface area contributed by atoms with Crippen LogP contribution in [0.4, 0.5) is 5.69 Å². The van der Waals surface area contributed by atoms with Crippen molar-refractivity contribution in [3.8, 4) is 11.5 Å². The van der Waals surface area contributed by atoms with E-state index in [4.69, 9.17) is 4.42 Å². The molecule has 5 heteroatoms. The van der Waals surface area contributed by atoms with Crippen LogP contribution < -0.4 is 5.32 Å². The minimum atomic E-state index is 0.538. The summed E-state index contributed by atoms with van der Waals surface area (Å²) in [4.78, 5) is 2.65. The molecule has 0 aliphatic rings. The van der Waals surface area contributed by atoms with Crippen molar-refractivity contribution < 1.29 is 4.42 Å². The zero-order chi connectivity index (χ0) is 13.1. The molecule has 0 spiro atoms. The molecule has 0 bridgehead atoms. The number of thiophene rings is 1. The maximum atomic E-state index is 5.19. The molecule has 0 unspecified atom stereocenters. The van der Waals surface area contributed by atoms with Gasteiger partial charge in [-0.3, -0.25) is 0 Å². The van der Waals surface area contributed by atoms with Crippen molar-refractivity contribution in [2.24, 2.45) is 0 Å². The fraction of sp³-hybridized carbons (Fsp3) is 0.143. The third-order valence-electron chi connectivity index (χ3n) is 2.73. The lowest BCUT2D eigenvalue weighted by atomic mass is 10.2. The molecular formula is C14H13N3OS. The number of rotatable bonds is 4. The highest BCUT2D eigenvalue weighted by Crippen LogP contribution is 2.22. The highest BCUT2D eigenvalue weighted by Gasteiger charge is 2.04. The molecule has 3 rings (SSSR count). The standard InChI is InChI=1S/C14H13N3OS/c1-10-5-6-13(19-10)8-15-12-4-2-3-11(7-12)14-17-16-9-18-14/h2-7,9,15H,8H2,1H3. The summed E-state index contributed by atoms with van der Waals surface area (Å²) in [6, 6.07) is 12.2. The Morgan fingerprint density at radius 2 is 2.21 bits per heavy atom. The van der Waals surface area contributed by atoms with E-state index >= 15 is 0 Å². The lowest BCUT2D eigenvalue weighted by Gasteiger charge is -2.05. The number of hydrogen-bond donors (Lipinski definition) is 1. The molecule has 0 saturated heterocycles. The van der Waals surface area contributed by atoms with E-state index in [0.717, 1.165) is 17.8 Å². The zero-order valence-electron chi connectivity index (χ0n) is 10.5. The smallest absolute Gasteiger partial charge is 0.247 e. The predicted molar refractivity (Wildman–Crippen MR) is 76.1 cm³/mol. The van der Waals surface area contributed by atoms with Crippen molar-refractivity contribution in [2.75, 3.05) is 5.32 Å². The third kappa shape index (κ3) is 2.82. The van der Waals surface area contributed by atoms with E-state index in [0.29, 0.717) is 5.89 Å². The molecule has 4 nitrogen and oxygen atoms in total. The Morgan fingerprint density at radius 1 is 1.26 bits per heavy atom. The van der Waals surface area contributed by atoms with Gasteiger partial charge in [0.05, 0.1) is 0 Å². The monoisotopic (exact) mass is 271 g/mol. The molecule has 0 aliphatic heterocycles. The van der Waals surface area contributed by atoms with Gasteiger partial charge in [-0.2, -0.15) is 0 Å². The van der Waals surface area contributed by atoms with Crippen molar-refractivity contribution in [3.63, 3.8) is 0 Å². The van der Waals surface area contributed by atoms with Crippen molar-refractivity contribution in [3.05, 3.63) is 52.5 Å². The summed E-state index contributed by atoms with van der Waals surface area (Å²) in [6.07, 6.45) is 1.34. The van der Waals surface area contributed by atoms with E-state index in [9.17, 15) is 0 Å². The molecule has 0 aliphatic carbocycles. The van der Waals surface area contributed by atoms with Gasteiger partial charge in [-0.05, 0) is 37.3 Å². The number of hydrogen-bond acceptors (Lipinski definition) is 5. The fourth-order valence-corrected chi connectivity index (χ4v) is 2.66. The third-order valence-corrected chi connectivity index (χ3v) is 3.73. The Morgan fingerprint density at radius 3 is 2.95 bits per heavy atom. The minimum absolute atomic E-state index is 0.538. The molecule has 2 heterocycles. The summed E-state index contributed by atoms with van der Waals surface area (Å²) in [5.74, 6) is 0.538. The number of nitrogens with one attached hydrogen (secondary N) is 1. The maximum absolute atomic E-state index is 5.19. The molecule has 1 aromatic carbocycles. The second-order valence-electron chi connectivity index (χ2n) is 4.19. The molecule has 2 aromatic heterocycles. The van der Waals surface area contributed by atoms with Gasteiger partial charge >= 0.3 is 0 Å². The number of nitrogens with zero attached hydrogens (tertiary/aromatic N) is 2. The number of benzene rings is 1. The highest BCUT2D eigenvalue weighted by atomic mass is 32.1. The normalized spacial score (nSPS) is 10.6. The molecule has 0 radical (unpaired) electrons. The Balaban J connectivity index is 1.73. The van der Waals surface area contributed by atoms with Gasteiger partial charge in [-0.1, -0.05) is 6.07 Å². The SMILES string of the molecule is Cc1ccc(CNc2cccc(-c3nnco3)c2)s1. The molecule has 0 amide bonds. The predicted octanol–water partition coefficient (Wildman–Crippen LogP) is 3.72. The Kier molecular flexibility index (Phi) is 3.29. The first-order valence-electron chi connectivity index (χ1n) is 5.97. The van der Waals surface area contributed by atoms with E-state index < -0.39 is 0 Å². The fourth-order valence-electron chi connectivity index (χ4n) is 1.83. The molecule has 96 valence electrons. The number of aromatic nitrogens is 2. The van der Waals surface area contributed by atoms with Gasteiger partial charge in [-0.15, -0.1) is 21.5 Å². The lowest BCUT2D eigenvalue weighted by Crippen LogP contribution is -1.97. The molecular weight excluding hydrogens is 258 g/mol. The summed E-state index contributed by atoms with van der Waals surface area (Å²) in [5.41, 5.74) is 1.96. The van der Waals surface area contributed by atoms with Gasteiger partial charge in [0.2, 0.25) is 12.3 Å². The average molecular weight is 271 g/mol. The van der Waals surface area contributed by atoms with E-state index in [-0.39, 0.29) is 0 Å². The summed E-state index contributed by atoms with van der Waals surface area (Å²) in [6.45, 7) is 2.94. The second-order valence-corrected chi connectivity index (χ2v) is 5.56. The van der Waals surface area contributed by atoms with Crippen LogP contribution in [0.25, 0.3) is 11.5 Å². The van der Waals surface area contributed by atoms with Crippen LogP contribution in [0.5, 0.6) is 0 Å². The van der Waals surface area contributed by atoms with Crippen LogP contribution in [0.1, 0.15) is 9.75 Å².